The van der Waals surface area contributed by atoms with Crippen LogP contribution < -0.4 is 5.73 Å². The summed E-state index contributed by atoms with van der Waals surface area (Å²) < 4.78 is 0. The highest BCUT2D eigenvalue weighted by Gasteiger charge is 2.07. The molecule has 0 atom stereocenters. The van der Waals surface area contributed by atoms with Crippen LogP contribution in [-0.4, -0.2) is 11.6 Å². The fourth-order valence-electron chi connectivity index (χ4n) is 0.365. The van der Waals surface area contributed by atoms with Crippen molar-refractivity contribution in [2.75, 3.05) is 11.6 Å². The van der Waals surface area contributed by atoms with Gasteiger partial charge in [0.1, 0.15) is 0 Å². The van der Waals surface area contributed by atoms with Gasteiger partial charge in [0.2, 0.25) is 0 Å². The number of hydrogen-bond acceptors (Lipinski definition) is 2. The number of rotatable bonds is 2. The van der Waals surface area contributed by atoms with E-state index < -0.39 is 0 Å². The van der Waals surface area contributed by atoms with Gasteiger partial charge < -0.3 is 5.73 Å². The van der Waals surface area contributed by atoms with Gasteiger partial charge in [-0.2, -0.15) is 0 Å². The Morgan fingerprint density at radius 3 is 2.00 bits per heavy atom. The molecule has 8 heavy (non-hydrogen) atoms. The molecule has 50 valence electrons. The first kappa shape index (κ1) is 8.31. The van der Waals surface area contributed by atoms with Crippen molar-refractivity contribution in [2.45, 2.75) is 20.8 Å². The second-order valence-electron chi connectivity index (χ2n) is 3.08. The minimum absolute atomic E-state index is 0.435. The standard InChI is InChI=1S/C6H15NS/c1-6(2,3)4-8-5-7/h4-5,7H2,1-3H3. The predicted octanol–water partition coefficient (Wildman–Crippen LogP) is 1.68. The van der Waals surface area contributed by atoms with Crippen molar-refractivity contribution in [2.24, 2.45) is 11.1 Å². The molecule has 0 aliphatic heterocycles. The minimum atomic E-state index is 0.435. The molecule has 0 bridgehead atoms. The summed E-state index contributed by atoms with van der Waals surface area (Å²) in [7, 11) is 0. The molecule has 2 heteroatoms. The third kappa shape index (κ3) is 6.31. The highest BCUT2D eigenvalue weighted by molar-refractivity contribution is 7.99. The highest BCUT2D eigenvalue weighted by Crippen LogP contribution is 2.18. The summed E-state index contributed by atoms with van der Waals surface area (Å²) in [4.78, 5) is 0. The SMILES string of the molecule is CC(C)(C)CSCN. The van der Waals surface area contributed by atoms with Crippen molar-refractivity contribution >= 4 is 11.8 Å². The van der Waals surface area contributed by atoms with E-state index in [0.29, 0.717) is 5.41 Å². The molecule has 0 aromatic rings. The zero-order valence-corrected chi connectivity index (χ0v) is 6.72. The van der Waals surface area contributed by atoms with Crippen molar-refractivity contribution in [3.05, 3.63) is 0 Å². The van der Waals surface area contributed by atoms with Crippen LogP contribution in [0.25, 0.3) is 0 Å². The Morgan fingerprint density at radius 2 is 1.88 bits per heavy atom. The Balaban J connectivity index is 3.11. The van der Waals surface area contributed by atoms with Gasteiger partial charge in [0.25, 0.3) is 0 Å². The maximum Gasteiger partial charge on any atom is 0.0392 e. The fraction of sp³-hybridized carbons (Fsp3) is 1.00. The van der Waals surface area contributed by atoms with Crippen molar-refractivity contribution < 1.29 is 0 Å². The topological polar surface area (TPSA) is 26.0 Å². The summed E-state index contributed by atoms with van der Waals surface area (Å²) in [6.07, 6.45) is 0. The van der Waals surface area contributed by atoms with Crippen LogP contribution in [0.3, 0.4) is 0 Å². The van der Waals surface area contributed by atoms with E-state index in [2.05, 4.69) is 20.8 Å². The normalized spacial score (nSPS) is 12.0. The van der Waals surface area contributed by atoms with E-state index in [1.807, 2.05) is 0 Å². The lowest BCUT2D eigenvalue weighted by molar-refractivity contribution is 0.481. The maximum absolute atomic E-state index is 5.30. The summed E-state index contributed by atoms with van der Waals surface area (Å²) in [6, 6.07) is 0. The van der Waals surface area contributed by atoms with E-state index in [1.54, 1.807) is 11.8 Å². The molecule has 1 nitrogen and oxygen atoms in total. The highest BCUT2D eigenvalue weighted by atomic mass is 32.2. The number of thioether (sulfide) groups is 1. The molecular formula is C6H15NS. The third-order valence-corrected chi connectivity index (χ3v) is 1.96. The third-order valence-electron chi connectivity index (χ3n) is 0.653. The maximum atomic E-state index is 5.30. The van der Waals surface area contributed by atoms with Crippen LogP contribution in [0.5, 0.6) is 0 Å². The Labute approximate surface area is 56.0 Å². The Kier molecular flexibility index (Phi) is 3.49. The number of nitrogens with two attached hydrogens (primary N) is 1. The Bertz CT molecular complexity index is 56.0. The van der Waals surface area contributed by atoms with Crippen molar-refractivity contribution in [3.63, 3.8) is 0 Å². The molecule has 0 unspecified atom stereocenters. The van der Waals surface area contributed by atoms with E-state index in [4.69, 9.17) is 5.73 Å². The zero-order valence-electron chi connectivity index (χ0n) is 5.90. The van der Waals surface area contributed by atoms with E-state index in [-0.39, 0.29) is 0 Å². The predicted molar refractivity (Wildman–Crippen MR) is 41.0 cm³/mol. The zero-order chi connectivity index (χ0) is 6.62. The molecule has 0 aliphatic rings. The first-order chi connectivity index (χ1) is 3.56. The molecule has 0 aliphatic carbocycles. The van der Waals surface area contributed by atoms with Crippen molar-refractivity contribution in [1.29, 1.82) is 0 Å². The molecule has 0 spiro atoms. The van der Waals surface area contributed by atoms with Crippen LogP contribution in [0.1, 0.15) is 20.8 Å². The van der Waals surface area contributed by atoms with Crippen molar-refractivity contribution in [3.8, 4) is 0 Å². The van der Waals surface area contributed by atoms with Gasteiger partial charge in [-0.05, 0) is 11.2 Å². The van der Waals surface area contributed by atoms with Crippen LogP contribution in [0.15, 0.2) is 0 Å². The van der Waals surface area contributed by atoms with Gasteiger partial charge in [-0.1, -0.05) is 20.8 Å². The van der Waals surface area contributed by atoms with Crippen LogP contribution in [0, 0.1) is 5.41 Å². The van der Waals surface area contributed by atoms with Crippen LogP contribution in [-0.2, 0) is 0 Å². The first-order valence-corrected chi connectivity index (χ1v) is 3.99. The summed E-state index contributed by atoms with van der Waals surface area (Å²) >= 11 is 1.79. The second-order valence-corrected chi connectivity index (χ2v) is 4.11. The molecule has 0 rings (SSSR count). The first-order valence-electron chi connectivity index (χ1n) is 2.84. The lowest BCUT2D eigenvalue weighted by Gasteiger charge is -2.15. The summed E-state index contributed by atoms with van der Waals surface area (Å²) in [5.74, 6) is 1.90. The van der Waals surface area contributed by atoms with Gasteiger partial charge in [-0.25, -0.2) is 0 Å². The Hall–Kier alpha value is 0.310. The molecule has 0 aromatic carbocycles. The monoisotopic (exact) mass is 133 g/mol. The van der Waals surface area contributed by atoms with E-state index >= 15 is 0 Å². The second kappa shape index (κ2) is 3.36. The van der Waals surface area contributed by atoms with Gasteiger partial charge in [-0.15, -0.1) is 11.8 Å². The van der Waals surface area contributed by atoms with Gasteiger partial charge in [0.15, 0.2) is 0 Å². The summed E-state index contributed by atoms with van der Waals surface area (Å²) in [5.41, 5.74) is 5.73. The summed E-state index contributed by atoms with van der Waals surface area (Å²) in [6.45, 7) is 6.65. The molecule has 0 heterocycles. The number of hydrogen-bond donors (Lipinski definition) is 1. The lowest BCUT2D eigenvalue weighted by Crippen LogP contribution is -2.10. The summed E-state index contributed by atoms with van der Waals surface area (Å²) in [5, 5.41) is 0. The van der Waals surface area contributed by atoms with Crippen molar-refractivity contribution in [1.82, 2.24) is 0 Å². The van der Waals surface area contributed by atoms with Gasteiger partial charge in [0, 0.05) is 5.88 Å². The minimum Gasteiger partial charge on any atom is -0.322 e. The molecule has 0 saturated carbocycles. The fourth-order valence-corrected chi connectivity index (χ4v) is 1.10. The van der Waals surface area contributed by atoms with Gasteiger partial charge in [-0.3, -0.25) is 0 Å². The molecule has 0 saturated heterocycles. The van der Waals surface area contributed by atoms with E-state index in [9.17, 15) is 0 Å². The van der Waals surface area contributed by atoms with E-state index in [1.165, 1.54) is 0 Å². The van der Waals surface area contributed by atoms with Gasteiger partial charge >= 0.3 is 0 Å². The lowest BCUT2D eigenvalue weighted by atomic mass is 10.0. The van der Waals surface area contributed by atoms with Gasteiger partial charge in [0.05, 0.1) is 0 Å². The molecule has 2 N–H and O–H groups in total. The van der Waals surface area contributed by atoms with Crippen LogP contribution >= 0.6 is 11.8 Å². The quantitative estimate of drug-likeness (QED) is 0.580. The molecule has 0 amide bonds. The molecule has 0 radical (unpaired) electrons. The van der Waals surface area contributed by atoms with E-state index in [0.717, 1.165) is 11.6 Å². The average molecular weight is 133 g/mol. The largest absolute Gasteiger partial charge is 0.322 e. The average Bonchev–Trinajstić information content (AvgIpc) is 1.59. The van der Waals surface area contributed by atoms with Crippen LogP contribution in [0.4, 0.5) is 0 Å². The molecule has 0 aromatic heterocycles. The molecule has 0 fully saturated rings. The smallest absolute Gasteiger partial charge is 0.0392 e. The molecular weight excluding hydrogens is 118 g/mol. The van der Waals surface area contributed by atoms with Crippen LogP contribution in [0.2, 0.25) is 0 Å². The Morgan fingerprint density at radius 1 is 1.38 bits per heavy atom.